The van der Waals surface area contributed by atoms with Crippen molar-refractivity contribution in [2.75, 3.05) is 19.0 Å². The second kappa shape index (κ2) is 5.37. The second-order valence-electron chi connectivity index (χ2n) is 7.66. The van der Waals surface area contributed by atoms with Gasteiger partial charge in [-0.2, -0.15) is 4.98 Å². The number of hydrogen-bond donors (Lipinski definition) is 0. The van der Waals surface area contributed by atoms with Crippen LogP contribution in [0.4, 0.5) is 5.82 Å². The van der Waals surface area contributed by atoms with Gasteiger partial charge >= 0.3 is 5.69 Å². The van der Waals surface area contributed by atoms with E-state index in [0.717, 1.165) is 12.0 Å². The maximum atomic E-state index is 12.5. The lowest BCUT2D eigenvalue weighted by Gasteiger charge is -2.38. The molecule has 1 fully saturated rings. The van der Waals surface area contributed by atoms with E-state index in [1.165, 1.54) is 0 Å². The normalized spacial score (nSPS) is 26.2. The third-order valence-corrected chi connectivity index (χ3v) is 5.53. The van der Waals surface area contributed by atoms with Crippen LogP contribution in [-0.4, -0.2) is 29.8 Å². The Morgan fingerprint density at radius 2 is 1.86 bits per heavy atom. The lowest BCUT2D eigenvalue weighted by atomic mass is 9.65. The molecule has 2 atom stereocenters. The van der Waals surface area contributed by atoms with E-state index in [1.54, 1.807) is 4.57 Å². The van der Waals surface area contributed by atoms with Gasteiger partial charge in [0.1, 0.15) is 12.0 Å². The molecule has 0 aliphatic carbocycles. The van der Waals surface area contributed by atoms with Gasteiger partial charge in [-0.05, 0) is 13.3 Å². The molecule has 1 saturated heterocycles. The Balaban J connectivity index is 2.54. The molecule has 0 N–H and O–H groups in total. The van der Waals surface area contributed by atoms with E-state index in [9.17, 15) is 4.79 Å². The Morgan fingerprint density at radius 3 is 2.32 bits per heavy atom. The number of hydrogen-bond acceptors (Lipinski definition) is 4. The van der Waals surface area contributed by atoms with Gasteiger partial charge in [0.15, 0.2) is 0 Å². The van der Waals surface area contributed by atoms with Crippen molar-refractivity contribution in [1.29, 1.82) is 0 Å². The molecule has 1 aliphatic heterocycles. The molecule has 2 heterocycles. The van der Waals surface area contributed by atoms with Crippen LogP contribution in [0.5, 0.6) is 0 Å². The fraction of sp³-hybridized carbons (Fsp3) is 0.765. The number of aromatic nitrogens is 2. The minimum atomic E-state index is -0.289. The van der Waals surface area contributed by atoms with Crippen molar-refractivity contribution in [2.45, 2.75) is 60.3 Å². The van der Waals surface area contributed by atoms with Gasteiger partial charge < -0.3 is 9.64 Å². The van der Waals surface area contributed by atoms with E-state index < -0.39 is 0 Å². The van der Waals surface area contributed by atoms with E-state index in [-0.39, 0.29) is 28.9 Å². The summed E-state index contributed by atoms with van der Waals surface area (Å²) in [4.78, 5) is 18.6. The molecule has 1 aromatic heterocycles. The lowest BCUT2D eigenvalue weighted by Crippen LogP contribution is -2.40. The smallest absolute Gasteiger partial charge is 0.351 e. The number of nitrogens with zero attached hydrogens (tertiary/aromatic N) is 3. The minimum Gasteiger partial charge on any atom is -0.362 e. The van der Waals surface area contributed by atoms with Gasteiger partial charge in [-0.25, -0.2) is 4.79 Å². The van der Waals surface area contributed by atoms with Gasteiger partial charge in [0.25, 0.3) is 0 Å². The Hall–Kier alpha value is -1.36. The summed E-state index contributed by atoms with van der Waals surface area (Å²) in [5.41, 5.74) is 0.548. The van der Waals surface area contributed by atoms with E-state index in [0.29, 0.717) is 5.82 Å². The topological polar surface area (TPSA) is 47.4 Å². The van der Waals surface area contributed by atoms with Crippen LogP contribution in [0.2, 0.25) is 0 Å². The predicted molar refractivity (Wildman–Crippen MR) is 89.3 cm³/mol. The summed E-state index contributed by atoms with van der Waals surface area (Å²) in [6.07, 6.45) is 2.66. The van der Waals surface area contributed by atoms with Gasteiger partial charge in [-0.1, -0.05) is 34.6 Å². The highest BCUT2D eigenvalue weighted by Gasteiger charge is 2.56. The number of ether oxygens (including phenoxy) is 1. The van der Waals surface area contributed by atoms with Gasteiger partial charge in [0, 0.05) is 36.7 Å². The van der Waals surface area contributed by atoms with Gasteiger partial charge in [0.05, 0.1) is 6.10 Å². The average Bonchev–Trinajstić information content (AvgIpc) is 2.58. The van der Waals surface area contributed by atoms with E-state index >= 15 is 0 Å². The van der Waals surface area contributed by atoms with Crippen LogP contribution in [0.15, 0.2) is 11.0 Å². The first-order chi connectivity index (χ1) is 10.0. The summed E-state index contributed by atoms with van der Waals surface area (Å²) in [7, 11) is 3.79. The summed E-state index contributed by atoms with van der Waals surface area (Å²) in [6, 6.07) is 0. The van der Waals surface area contributed by atoms with Crippen LogP contribution in [0.25, 0.3) is 0 Å². The Morgan fingerprint density at radius 1 is 1.27 bits per heavy atom. The quantitative estimate of drug-likeness (QED) is 0.861. The molecule has 1 aromatic rings. The van der Waals surface area contributed by atoms with Crippen molar-refractivity contribution in [3.05, 3.63) is 22.2 Å². The summed E-state index contributed by atoms with van der Waals surface area (Å²) >= 11 is 0. The first-order valence-corrected chi connectivity index (χ1v) is 7.96. The Bertz CT molecular complexity index is 617. The third-order valence-electron chi connectivity index (χ3n) is 5.53. The second-order valence-corrected chi connectivity index (χ2v) is 7.66. The van der Waals surface area contributed by atoms with E-state index in [1.807, 2.05) is 32.1 Å². The molecule has 2 unspecified atom stereocenters. The summed E-state index contributed by atoms with van der Waals surface area (Å²) in [6.45, 7) is 12.9. The van der Waals surface area contributed by atoms with Crippen LogP contribution < -0.4 is 10.6 Å². The van der Waals surface area contributed by atoms with E-state index in [2.05, 4.69) is 39.6 Å². The molecule has 0 aromatic carbocycles. The largest absolute Gasteiger partial charge is 0.362 e. The number of rotatable bonds is 3. The fourth-order valence-corrected chi connectivity index (χ4v) is 3.43. The summed E-state index contributed by atoms with van der Waals surface area (Å²) in [5, 5.41) is 0. The molecular formula is C17H29N3O2. The fourth-order valence-electron chi connectivity index (χ4n) is 3.43. The molecule has 1 aliphatic rings. The molecule has 124 valence electrons. The van der Waals surface area contributed by atoms with Crippen LogP contribution in [0.1, 0.15) is 52.8 Å². The summed E-state index contributed by atoms with van der Waals surface area (Å²) in [5.74, 6) is 0.711. The number of aryl methyl sites for hydroxylation is 1. The molecule has 0 radical (unpaired) electrons. The molecule has 5 heteroatoms. The van der Waals surface area contributed by atoms with Gasteiger partial charge in [0.2, 0.25) is 0 Å². The monoisotopic (exact) mass is 307 g/mol. The first-order valence-electron chi connectivity index (χ1n) is 7.96. The molecule has 0 amide bonds. The lowest BCUT2D eigenvalue weighted by molar-refractivity contribution is -0.0352. The van der Waals surface area contributed by atoms with Crippen molar-refractivity contribution in [1.82, 2.24) is 9.55 Å². The zero-order valence-corrected chi connectivity index (χ0v) is 15.1. The van der Waals surface area contributed by atoms with Crippen molar-refractivity contribution in [2.24, 2.45) is 10.8 Å². The van der Waals surface area contributed by atoms with Crippen molar-refractivity contribution in [3.63, 3.8) is 0 Å². The molecule has 0 bridgehead atoms. The zero-order chi connectivity index (χ0) is 16.9. The molecular weight excluding hydrogens is 278 g/mol. The van der Waals surface area contributed by atoms with Crippen molar-refractivity contribution in [3.8, 4) is 0 Å². The van der Waals surface area contributed by atoms with Crippen LogP contribution in [0.3, 0.4) is 0 Å². The molecule has 2 rings (SSSR count). The van der Waals surface area contributed by atoms with Crippen LogP contribution in [-0.2, 0) is 4.74 Å². The molecule has 0 spiro atoms. The third kappa shape index (κ3) is 2.35. The summed E-state index contributed by atoms with van der Waals surface area (Å²) < 4.78 is 7.94. The predicted octanol–water partition coefficient (Wildman–Crippen LogP) is 2.98. The highest BCUT2D eigenvalue weighted by atomic mass is 16.5. The Kier molecular flexibility index (Phi) is 4.15. The maximum Gasteiger partial charge on any atom is 0.351 e. The Labute approximate surface area is 133 Å². The van der Waals surface area contributed by atoms with E-state index in [4.69, 9.17) is 4.74 Å². The molecule has 0 saturated carbocycles. The van der Waals surface area contributed by atoms with Crippen LogP contribution in [0, 0.1) is 17.8 Å². The van der Waals surface area contributed by atoms with Gasteiger partial charge in [-0.15, -0.1) is 0 Å². The van der Waals surface area contributed by atoms with Gasteiger partial charge in [-0.3, -0.25) is 4.57 Å². The minimum absolute atomic E-state index is 0.0139. The SMILES string of the molecule is CCC1OC(n2cc(C)c(N(C)C)nc2=O)C(C)(C)C1(C)C. The standard InChI is InChI=1S/C17H29N3O2/c1-9-12-16(3,4)17(5,6)14(22-12)20-10-11(2)13(19(7)8)18-15(20)21/h10,12,14H,9H2,1-8H3. The molecule has 5 nitrogen and oxygen atoms in total. The van der Waals surface area contributed by atoms with Crippen molar-refractivity contribution >= 4 is 5.82 Å². The highest BCUT2D eigenvalue weighted by molar-refractivity contribution is 5.42. The highest BCUT2D eigenvalue weighted by Crippen LogP contribution is 2.57. The zero-order valence-electron chi connectivity index (χ0n) is 15.1. The molecule has 22 heavy (non-hydrogen) atoms. The number of anilines is 1. The average molecular weight is 307 g/mol. The first kappa shape index (κ1) is 17.0. The van der Waals surface area contributed by atoms with Crippen LogP contribution >= 0.6 is 0 Å². The van der Waals surface area contributed by atoms with Crippen molar-refractivity contribution < 1.29 is 4.74 Å². The maximum absolute atomic E-state index is 12.5.